The number of amides is 1. The number of carbonyl (C=O) groups excluding carboxylic acids is 2. The number of alkyl halides is 2. The van der Waals surface area contributed by atoms with Crippen molar-refractivity contribution in [1.82, 2.24) is 4.98 Å². The van der Waals surface area contributed by atoms with Gasteiger partial charge < -0.3 is 0 Å². The molecule has 3 rings (SSSR count). The summed E-state index contributed by atoms with van der Waals surface area (Å²) in [5, 5.41) is 5.35. The first kappa shape index (κ1) is 17.8. The van der Waals surface area contributed by atoms with E-state index < -0.39 is 17.7 Å². The summed E-state index contributed by atoms with van der Waals surface area (Å²) in [5.74, 6) is -4.81. The van der Waals surface area contributed by atoms with E-state index in [1.54, 1.807) is 25.1 Å². The summed E-state index contributed by atoms with van der Waals surface area (Å²) in [6.45, 7) is 2.41. The Morgan fingerprint density at radius 3 is 2.58 bits per heavy atom. The Morgan fingerprint density at radius 1 is 1.23 bits per heavy atom. The lowest BCUT2D eigenvalue weighted by Crippen LogP contribution is -2.33. The van der Waals surface area contributed by atoms with Crippen molar-refractivity contribution >= 4 is 23.1 Å². The Kier molecular flexibility index (Phi) is 4.63. The molecular formula is C19H17F2N3O2. The molecule has 2 heterocycles. The first-order valence-electron chi connectivity index (χ1n) is 8.06. The van der Waals surface area contributed by atoms with Crippen molar-refractivity contribution in [3.63, 3.8) is 0 Å². The molecule has 0 radical (unpaired) electrons. The number of aromatic nitrogens is 1. The third-order valence-corrected chi connectivity index (χ3v) is 4.17. The molecule has 1 aliphatic heterocycles. The predicted octanol–water partition coefficient (Wildman–Crippen LogP) is 3.34. The first-order chi connectivity index (χ1) is 12.3. The quantitative estimate of drug-likeness (QED) is 0.771. The van der Waals surface area contributed by atoms with Crippen LogP contribution in [0.3, 0.4) is 0 Å². The van der Waals surface area contributed by atoms with Crippen molar-refractivity contribution in [2.24, 2.45) is 11.0 Å². The van der Waals surface area contributed by atoms with E-state index in [4.69, 9.17) is 0 Å². The van der Waals surface area contributed by atoms with Gasteiger partial charge in [-0.15, -0.1) is 0 Å². The molecule has 0 bridgehead atoms. The van der Waals surface area contributed by atoms with E-state index in [0.29, 0.717) is 17.0 Å². The number of rotatable bonds is 5. The van der Waals surface area contributed by atoms with E-state index in [1.807, 2.05) is 0 Å². The molecule has 5 nitrogen and oxygen atoms in total. The minimum absolute atomic E-state index is 0.114. The molecule has 1 unspecified atom stereocenters. The van der Waals surface area contributed by atoms with E-state index in [9.17, 15) is 18.4 Å². The molecule has 0 fully saturated rings. The molecule has 1 amide bonds. The second-order valence-electron chi connectivity index (χ2n) is 6.26. The van der Waals surface area contributed by atoms with Crippen LogP contribution in [-0.2, 0) is 21.9 Å². The maximum atomic E-state index is 13.5. The van der Waals surface area contributed by atoms with E-state index in [-0.39, 0.29) is 17.8 Å². The number of ketones is 1. The number of Topliss-reactive ketones (excluding diaryl/α,β-unsaturated/α-hetero) is 1. The van der Waals surface area contributed by atoms with E-state index >= 15 is 0 Å². The SMILES string of the molecule is CC1=NN(c2ccncc2)C(=O)C1C(=O)Cc1cccc(C(C)(F)F)c1. The third kappa shape index (κ3) is 3.51. The lowest BCUT2D eigenvalue weighted by Gasteiger charge is -2.14. The van der Waals surface area contributed by atoms with Crippen LogP contribution in [0.2, 0.25) is 0 Å². The van der Waals surface area contributed by atoms with Gasteiger partial charge in [-0.2, -0.15) is 10.1 Å². The molecule has 0 N–H and O–H groups in total. The normalized spacial score (nSPS) is 17.4. The van der Waals surface area contributed by atoms with Gasteiger partial charge in [-0.3, -0.25) is 14.6 Å². The van der Waals surface area contributed by atoms with Crippen LogP contribution in [0, 0.1) is 5.92 Å². The third-order valence-electron chi connectivity index (χ3n) is 4.17. The number of anilines is 1. The smallest absolute Gasteiger partial charge is 0.270 e. The maximum Gasteiger partial charge on any atom is 0.270 e. The van der Waals surface area contributed by atoms with Crippen LogP contribution in [-0.4, -0.2) is 22.4 Å². The molecule has 0 saturated carbocycles. The lowest BCUT2D eigenvalue weighted by molar-refractivity contribution is -0.128. The molecule has 0 saturated heterocycles. The van der Waals surface area contributed by atoms with Crippen molar-refractivity contribution in [1.29, 1.82) is 0 Å². The van der Waals surface area contributed by atoms with Gasteiger partial charge in [-0.05, 0) is 30.7 Å². The predicted molar refractivity (Wildman–Crippen MR) is 93.0 cm³/mol. The Hall–Kier alpha value is -2.96. The zero-order valence-corrected chi connectivity index (χ0v) is 14.3. The molecule has 0 aliphatic carbocycles. The second-order valence-corrected chi connectivity index (χ2v) is 6.26. The number of hydrazone groups is 1. The van der Waals surface area contributed by atoms with Gasteiger partial charge in [-0.25, -0.2) is 8.78 Å². The number of nitrogens with zero attached hydrogens (tertiary/aromatic N) is 3. The minimum Gasteiger partial charge on any atom is -0.298 e. The number of carbonyl (C=O) groups is 2. The van der Waals surface area contributed by atoms with E-state index in [1.165, 1.54) is 35.6 Å². The van der Waals surface area contributed by atoms with E-state index in [0.717, 1.165) is 6.92 Å². The Bertz CT molecular complexity index is 876. The molecule has 134 valence electrons. The average molecular weight is 357 g/mol. The van der Waals surface area contributed by atoms with Gasteiger partial charge in [0.2, 0.25) is 0 Å². The summed E-state index contributed by atoms with van der Waals surface area (Å²) >= 11 is 0. The number of halogens is 2. The molecule has 7 heteroatoms. The van der Waals surface area contributed by atoms with Crippen molar-refractivity contribution in [3.05, 3.63) is 59.9 Å². The molecule has 1 aromatic carbocycles. The Balaban J connectivity index is 1.79. The van der Waals surface area contributed by atoms with Gasteiger partial charge in [0.05, 0.1) is 11.4 Å². The number of hydrogen-bond donors (Lipinski definition) is 0. The fourth-order valence-electron chi connectivity index (χ4n) is 2.86. The van der Waals surface area contributed by atoms with Crippen LogP contribution in [0.1, 0.15) is 25.0 Å². The molecular weight excluding hydrogens is 340 g/mol. The molecule has 1 atom stereocenters. The topological polar surface area (TPSA) is 62.6 Å². The van der Waals surface area contributed by atoms with Crippen LogP contribution < -0.4 is 5.01 Å². The standard InChI is InChI=1S/C19H17F2N3O2/c1-12-17(18(26)24(23-12)15-6-8-22-9-7-15)16(25)11-13-4-3-5-14(10-13)19(2,20)21/h3-10,17H,11H2,1-2H3. The van der Waals surface area contributed by atoms with Gasteiger partial charge in [-0.1, -0.05) is 18.2 Å². The zero-order valence-electron chi connectivity index (χ0n) is 14.3. The summed E-state index contributed by atoms with van der Waals surface area (Å²) in [7, 11) is 0. The van der Waals surface area contributed by atoms with Crippen LogP contribution in [0.4, 0.5) is 14.5 Å². The fraction of sp³-hybridized carbons (Fsp3) is 0.263. The highest BCUT2D eigenvalue weighted by Gasteiger charge is 2.39. The lowest BCUT2D eigenvalue weighted by atomic mass is 9.93. The zero-order chi connectivity index (χ0) is 18.9. The van der Waals surface area contributed by atoms with Crippen LogP contribution >= 0.6 is 0 Å². The van der Waals surface area contributed by atoms with E-state index in [2.05, 4.69) is 10.1 Å². The summed E-state index contributed by atoms with van der Waals surface area (Å²) in [5.41, 5.74) is 1.18. The minimum atomic E-state index is -2.99. The summed E-state index contributed by atoms with van der Waals surface area (Å²) < 4.78 is 26.9. The van der Waals surface area contributed by atoms with Crippen molar-refractivity contribution in [3.8, 4) is 0 Å². The molecule has 2 aromatic rings. The van der Waals surface area contributed by atoms with Crippen LogP contribution in [0.5, 0.6) is 0 Å². The van der Waals surface area contributed by atoms with Crippen LogP contribution in [0.25, 0.3) is 0 Å². The highest BCUT2D eigenvalue weighted by atomic mass is 19.3. The molecule has 0 spiro atoms. The average Bonchev–Trinajstić information content (AvgIpc) is 2.89. The Labute approximate surface area is 149 Å². The Morgan fingerprint density at radius 2 is 1.92 bits per heavy atom. The van der Waals surface area contributed by atoms with Gasteiger partial charge in [0, 0.05) is 31.3 Å². The van der Waals surface area contributed by atoms with Gasteiger partial charge >= 0.3 is 0 Å². The summed E-state index contributed by atoms with van der Waals surface area (Å²) in [6.07, 6.45) is 2.94. The highest BCUT2D eigenvalue weighted by Crippen LogP contribution is 2.28. The van der Waals surface area contributed by atoms with Gasteiger partial charge in [0.25, 0.3) is 11.8 Å². The van der Waals surface area contributed by atoms with Crippen molar-refractivity contribution in [2.45, 2.75) is 26.2 Å². The monoisotopic (exact) mass is 357 g/mol. The molecule has 26 heavy (non-hydrogen) atoms. The van der Waals surface area contributed by atoms with Gasteiger partial charge in [0.15, 0.2) is 5.78 Å². The largest absolute Gasteiger partial charge is 0.298 e. The fourth-order valence-corrected chi connectivity index (χ4v) is 2.86. The number of benzene rings is 1. The number of pyridine rings is 1. The summed E-state index contributed by atoms with van der Waals surface area (Å²) in [4.78, 5) is 29.2. The summed E-state index contributed by atoms with van der Waals surface area (Å²) in [6, 6.07) is 8.93. The second kappa shape index (κ2) is 6.74. The van der Waals surface area contributed by atoms with Crippen molar-refractivity contribution in [2.75, 3.05) is 5.01 Å². The van der Waals surface area contributed by atoms with Crippen molar-refractivity contribution < 1.29 is 18.4 Å². The number of hydrogen-bond acceptors (Lipinski definition) is 4. The first-order valence-corrected chi connectivity index (χ1v) is 8.06. The van der Waals surface area contributed by atoms with Crippen LogP contribution in [0.15, 0.2) is 53.9 Å². The molecule has 1 aromatic heterocycles. The maximum absolute atomic E-state index is 13.5. The van der Waals surface area contributed by atoms with Gasteiger partial charge in [0.1, 0.15) is 5.92 Å². The highest BCUT2D eigenvalue weighted by molar-refractivity contribution is 6.27. The molecule has 1 aliphatic rings.